The molecule has 0 unspecified atom stereocenters. The van der Waals surface area contributed by atoms with Crippen LogP contribution in [0.5, 0.6) is 0 Å². The van der Waals surface area contributed by atoms with Crippen LogP contribution in [0.3, 0.4) is 0 Å². The summed E-state index contributed by atoms with van der Waals surface area (Å²) in [5.41, 5.74) is 4.45. The Labute approximate surface area is 181 Å². The summed E-state index contributed by atoms with van der Waals surface area (Å²) in [6.45, 7) is 3.59. The van der Waals surface area contributed by atoms with Crippen molar-refractivity contribution >= 4 is 11.5 Å². The molecule has 6 heteroatoms. The largest absolute Gasteiger partial charge is 0.378 e. The van der Waals surface area contributed by atoms with Crippen LogP contribution < -0.4 is 5.32 Å². The highest BCUT2D eigenvalue weighted by molar-refractivity contribution is 5.81. The fourth-order valence-electron chi connectivity index (χ4n) is 3.51. The van der Waals surface area contributed by atoms with Crippen molar-refractivity contribution in [3.05, 3.63) is 83.1 Å². The predicted octanol–water partition coefficient (Wildman–Crippen LogP) is 3.09. The van der Waals surface area contributed by atoms with Crippen LogP contribution in [-0.2, 0) is 22.5 Å². The summed E-state index contributed by atoms with van der Waals surface area (Å²) >= 11 is 0. The molecule has 1 aliphatic carbocycles. The second-order valence-electron chi connectivity index (χ2n) is 7.44. The average molecular weight is 417 g/mol. The Bertz CT molecular complexity index is 1060. The minimum atomic E-state index is -0.313. The third kappa shape index (κ3) is 5.80. The van der Waals surface area contributed by atoms with Crippen LogP contribution in [0.25, 0.3) is 5.57 Å². The molecule has 5 nitrogen and oxygen atoms in total. The molecule has 158 valence electrons. The van der Waals surface area contributed by atoms with Crippen molar-refractivity contribution in [2.75, 3.05) is 26.3 Å². The molecule has 1 aromatic heterocycles. The standard InChI is InChI=1S/C25H24FN3O2/c26-22-5-1-3-19(15-22)17-28-25(30)16-23-9-7-21(18-27-23)20-4-2-6-24(10-8-20)29-11-13-31-14-12-29/h1,3,5,7-10,15,18H,6,11-14,16-17H2,(H,28,30). The fraction of sp³-hybridized carbons (Fsp3) is 0.280. The Morgan fingerprint density at radius 1 is 1.19 bits per heavy atom. The number of halogens is 1. The number of amides is 1. The number of allylic oxidation sites excluding steroid dienone is 4. The van der Waals surface area contributed by atoms with E-state index in [1.165, 1.54) is 17.8 Å². The quantitative estimate of drug-likeness (QED) is 0.734. The second kappa shape index (κ2) is 10.1. The lowest BCUT2D eigenvalue weighted by molar-refractivity contribution is -0.120. The smallest absolute Gasteiger partial charge is 0.226 e. The Hall–Kier alpha value is -3.43. The normalized spacial score (nSPS) is 15.8. The van der Waals surface area contributed by atoms with E-state index in [0.29, 0.717) is 5.69 Å². The van der Waals surface area contributed by atoms with E-state index < -0.39 is 0 Å². The van der Waals surface area contributed by atoms with Gasteiger partial charge in [-0.15, -0.1) is 0 Å². The van der Waals surface area contributed by atoms with Gasteiger partial charge in [0.05, 0.1) is 19.6 Å². The van der Waals surface area contributed by atoms with Crippen molar-refractivity contribution in [2.24, 2.45) is 0 Å². The number of pyridine rings is 1. The van der Waals surface area contributed by atoms with Gasteiger partial charge in [-0.3, -0.25) is 9.78 Å². The molecule has 1 aromatic carbocycles. The molecule has 1 amide bonds. The first-order chi connectivity index (χ1) is 15.2. The number of hydrogen-bond donors (Lipinski definition) is 1. The number of benzene rings is 1. The van der Waals surface area contributed by atoms with Gasteiger partial charge in [0.25, 0.3) is 0 Å². The first kappa shape index (κ1) is 20.8. The zero-order valence-corrected chi connectivity index (χ0v) is 17.2. The molecule has 31 heavy (non-hydrogen) atoms. The molecule has 4 rings (SSSR count). The summed E-state index contributed by atoms with van der Waals surface area (Å²) in [4.78, 5) is 18.9. The third-order valence-electron chi connectivity index (χ3n) is 5.21. The summed E-state index contributed by atoms with van der Waals surface area (Å²) < 4.78 is 18.6. The van der Waals surface area contributed by atoms with Crippen LogP contribution in [0.15, 0.2) is 60.4 Å². The van der Waals surface area contributed by atoms with Crippen LogP contribution in [0, 0.1) is 17.7 Å². The maximum Gasteiger partial charge on any atom is 0.226 e. The summed E-state index contributed by atoms with van der Waals surface area (Å²) in [6.07, 6.45) is 6.79. The molecule has 2 aliphatic rings. The van der Waals surface area contributed by atoms with E-state index in [-0.39, 0.29) is 24.7 Å². The van der Waals surface area contributed by atoms with E-state index in [9.17, 15) is 9.18 Å². The monoisotopic (exact) mass is 417 g/mol. The Morgan fingerprint density at radius 3 is 2.84 bits per heavy atom. The van der Waals surface area contributed by atoms with E-state index >= 15 is 0 Å². The van der Waals surface area contributed by atoms with Crippen molar-refractivity contribution < 1.29 is 13.9 Å². The highest BCUT2D eigenvalue weighted by Gasteiger charge is 2.14. The molecule has 1 saturated heterocycles. The van der Waals surface area contributed by atoms with Crippen LogP contribution >= 0.6 is 0 Å². The number of morpholine rings is 1. The second-order valence-corrected chi connectivity index (χ2v) is 7.44. The van der Waals surface area contributed by atoms with Gasteiger partial charge in [-0.25, -0.2) is 4.39 Å². The zero-order valence-electron chi connectivity index (χ0n) is 17.2. The molecule has 0 spiro atoms. The number of ether oxygens (including phenoxy) is 1. The van der Waals surface area contributed by atoms with Gasteiger partial charge in [-0.1, -0.05) is 30.0 Å². The van der Waals surface area contributed by atoms with Gasteiger partial charge in [0.1, 0.15) is 5.82 Å². The number of carbonyl (C=O) groups is 1. The Morgan fingerprint density at radius 2 is 2.06 bits per heavy atom. The first-order valence-electron chi connectivity index (χ1n) is 10.4. The van der Waals surface area contributed by atoms with Crippen LogP contribution in [0.4, 0.5) is 4.39 Å². The summed E-state index contributed by atoms with van der Waals surface area (Å²) in [5.74, 6) is 5.99. The SMILES string of the molecule is O=C(Cc1ccc(C2=CC=C(N3CCOCC3)CC#C2)cn1)NCc1cccc(F)c1. The van der Waals surface area contributed by atoms with E-state index in [1.54, 1.807) is 18.3 Å². The van der Waals surface area contributed by atoms with Crippen molar-refractivity contribution in [1.29, 1.82) is 0 Å². The van der Waals surface area contributed by atoms with E-state index in [0.717, 1.165) is 49.4 Å². The van der Waals surface area contributed by atoms with Gasteiger partial charge in [0.15, 0.2) is 0 Å². The predicted molar refractivity (Wildman–Crippen MR) is 117 cm³/mol. The van der Waals surface area contributed by atoms with E-state index in [4.69, 9.17) is 4.74 Å². The molecule has 1 N–H and O–H groups in total. The molecule has 2 heterocycles. The molecule has 0 radical (unpaired) electrons. The van der Waals surface area contributed by atoms with Crippen LogP contribution in [0.2, 0.25) is 0 Å². The third-order valence-corrected chi connectivity index (χ3v) is 5.21. The molecular weight excluding hydrogens is 393 g/mol. The highest BCUT2D eigenvalue weighted by Crippen LogP contribution is 2.19. The summed E-state index contributed by atoms with van der Waals surface area (Å²) in [5, 5.41) is 2.80. The fourth-order valence-corrected chi connectivity index (χ4v) is 3.51. The Balaban J connectivity index is 1.35. The van der Waals surface area contributed by atoms with Crippen molar-refractivity contribution in [3.8, 4) is 11.8 Å². The lowest BCUT2D eigenvalue weighted by Crippen LogP contribution is -2.35. The van der Waals surface area contributed by atoms with Gasteiger partial charge in [0, 0.05) is 54.8 Å². The van der Waals surface area contributed by atoms with Crippen molar-refractivity contribution in [1.82, 2.24) is 15.2 Å². The average Bonchev–Trinajstić information content (AvgIpc) is 3.05. The molecule has 1 fully saturated rings. The van der Waals surface area contributed by atoms with Crippen molar-refractivity contribution in [2.45, 2.75) is 19.4 Å². The van der Waals surface area contributed by atoms with Gasteiger partial charge in [-0.05, 0) is 35.9 Å². The van der Waals surface area contributed by atoms with Gasteiger partial charge in [-0.2, -0.15) is 0 Å². The maximum absolute atomic E-state index is 13.2. The molecule has 2 aromatic rings. The number of hydrogen-bond acceptors (Lipinski definition) is 4. The van der Waals surface area contributed by atoms with Crippen molar-refractivity contribution in [3.63, 3.8) is 0 Å². The maximum atomic E-state index is 13.2. The number of aromatic nitrogens is 1. The topological polar surface area (TPSA) is 54.5 Å². The summed E-state index contributed by atoms with van der Waals surface area (Å²) in [7, 11) is 0. The highest BCUT2D eigenvalue weighted by atomic mass is 19.1. The zero-order chi connectivity index (χ0) is 21.5. The minimum Gasteiger partial charge on any atom is -0.378 e. The summed E-state index contributed by atoms with van der Waals surface area (Å²) in [6, 6.07) is 9.98. The van der Waals surface area contributed by atoms with Crippen LogP contribution in [0.1, 0.15) is 23.2 Å². The van der Waals surface area contributed by atoms with E-state index in [1.807, 2.05) is 18.2 Å². The molecule has 0 atom stereocenters. The van der Waals surface area contributed by atoms with E-state index in [2.05, 4.69) is 33.1 Å². The number of nitrogens with one attached hydrogen (secondary N) is 1. The lowest BCUT2D eigenvalue weighted by atomic mass is 10.1. The Kier molecular flexibility index (Phi) is 6.75. The number of carbonyl (C=O) groups excluding carboxylic acids is 1. The number of nitrogens with zero attached hydrogens (tertiary/aromatic N) is 2. The van der Waals surface area contributed by atoms with Gasteiger partial charge in [0.2, 0.25) is 5.91 Å². The molecular formula is C25H24FN3O2. The number of rotatable bonds is 6. The molecule has 1 aliphatic heterocycles. The molecule has 0 bridgehead atoms. The minimum absolute atomic E-state index is 0.156. The lowest BCUT2D eigenvalue weighted by Gasteiger charge is -2.30. The van der Waals surface area contributed by atoms with Crippen LogP contribution in [-0.4, -0.2) is 42.1 Å². The van der Waals surface area contributed by atoms with Gasteiger partial charge < -0.3 is 15.0 Å². The first-order valence-corrected chi connectivity index (χ1v) is 10.4. The molecule has 0 saturated carbocycles. The van der Waals surface area contributed by atoms with Gasteiger partial charge >= 0.3 is 0 Å².